The number of amides is 1. The summed E-state index contributed by atoms with van der Waals surface area (Å²) in [5, 5.41) is 0.656. The largest absolute Gasteiger partial charge is 0.493 e. The Morgan fingerprint density at radius 1 is 1.53 bits per heavy atom. The second-order valence-electron chi connectivity index (χ2n) is 5.04. The van der Waals surface area contributed by atoms with Crippen LogP contribution in [-0.4, -0.2) is 36.5 Å². The lowest BCUT2D eigenvalue weighted by Crippen LogP contribution is -2.44. The van der Waals surface area contributed by atoms with Gasteiger partial charge in [0.1, 0.15) is 5.75 Å². The van der Waals surface area contributed by atoms with E-state index in [-0.39, 0.29) is 5.91 Å². The van der Waals surface area contributed by atoms with Crippen LogP contribution in [0.2, 0.25) is 5.02 Å². The van der Waals surface area contributed by atoms with Gasteiger partial charge in [0.05, 0.1) is 12.1 Å². The molecule has 19 heavy (non-hydrogen) atoms. The number of carbonyl (C=O) groups excluding carboxylic acids is 1. The number of halogens is 1. The molecule has 4 nitrogen and oxygen atoms in total. The quantitative estimate of drug-likeness (QED) is 0.813. The Morgan fingerprint density at radius 3 is 2.89 bits per heavy atom. The second kappa shape index (κ2) is 5.80. The van der Waals surface area contributed by atoms with Crippen molar-refractivity contribution in [1.29, 1.82) is 0 Å². The lowest BCUT2D eigenvalue weighted by atomic mass is 10.2. The maximum atomic E-state index is 11.9. The molecule has 104 valence electrons. The van der Waals surface area contributed by atoms with Gasteiger partial charge in [-0.3, -0.25) is 4.79 Å². The Balaban J connectivity index is 1.68. The van der Waals surface area contributed by atoms with Crippen molar-refractivity contribution in [1.82, 2.24) is 4.90 Å². The summed E-state index contributed by atoms with van der Waals surface area (Å²) in [5.74, 6) is 0.786. The van der Waals surface area contributed by atoms with Crippen LogP contribution >= 0.6 is 11.6 Å². The van der Waals surface area contributed by atoms with Gasteiger partial charge in [-0.15, -0.1) is 0 Å². The summed E-state index contributed by atoms with van der Waals surface area (Å²) < 4.78 is 5.56. The van der Waals surface area contributed by atoms with E-state index in [4.69, 9.17) is 22.1 Å². The zero-order chi connectivity index (χ0) is 13.9. The zero-order valence-electron chi connectivity index (χ0n) is 11.1. The highest BCUT2D eigenvalue weighted by Crippen LogP contribution is 2.33. The molecule has 0 aliphatic heterocycles. The van der Waals surface area contributed by atoms with Gasteiger partial charge in [-0.25, -0.2) is 0 Å². The molecule has 0 heterocycles. The van der Waals surface area contributed by atoms with Crippen molar-refractivity contribution < 1.29 is 9.53 Å². The molecule has 1 aromatic carbocycles. The molecule has 5 heteroatoms. The summed E-state index contributed by atoms with van der Waals surface area (Å²) >= 11 is 5.86. The minimum Gasteiger partial charge on any atom is -0.493 e. The first-order valence-electron chi connectivity index (χ1n) is 6.44. The number of hydrogen-bond donors (Lipinski definition) is 1. The van der Waals surface area contributed by atoms with Gasteiger partial charge in [-0.2, -0.15) is 0 Å². The third-order valence-electron chi connectivity index (χ3n) is 3.26. The maximum Gasteiger partial charge on any atom is 0.242 e. The number of likely N-dealkylation sites (N-methyl/N-ethyl adjacent to an activating group) is 1. The van der Waals surface area contributed by atoms with Crippen LogP contribution in [-0.2, 0) is 4.79 Å². The van der Waals surface area contributed by atoms with Crippen molar-refractivity contribution in [3.63, 3.8) is 0 Å². The number of rotatable bonds is 6. The van der Waals surface area contributed by atoms with Crippen molar-refractivity contribution in [2.45, 2.75) is 24.8 Å². The fourth-order valence-electron chi connectivity index (χ4n) is 1.88. The first-order chi connectivity index (χ1) is 9.01. The third-order valence-corrected chi connectivity index (χ3v) is 3.50. The number of ether oxygens (including phenoxy) is 1. The van der Waals surface area contributed by atoms with Crippen LogP contribution < -0.4 is 10.5 Å². The molecule has 0 atom stereocenters. The Labute approximate surface area is 118 Å². The van der Waals surface area contributed by atoms with Crippen LogP contribution in [0.1, 0.15) is 19.3 Å². The molecule has 0 aromatic heterocycles. The van der Waals surface area contributed by atoms with Crippen LogP contribution in [0.3, 0.4) is 0 Å². The SMILES string of the molecule is CN(CCCOc1cccc(Cl)c1)C(=O)C1(N)CC1. The Kier molecular flexibility index (Phi) is 4.32. The Hall–Kier alpha value is -1.26. The minimum atomic E-state index is -0.581. The van der Waals surface area contributed by atoms with Crippen LogP contribution in [0.25, 0.3) is 0 Å². The van der Waals surface area contributed by atoms with Crippen LogP contribution in [0.5, 0.6) is 5.75 Å². The lowest BCUT2D eigenvalue weighted by molar-refractivity contribution is -0.132. The first kappa shape index (κ1) is 14.2. The van der Waals surface area contributed by atoms with E-state index < -0.39 is 5.54 Å². The van der Waals surface area contributed by atoms with E-state index in [1.165, 1.54) is 0 Å². The van der Waals surface area contributed by atoms with Crippen LogP contribution in [0.15, 0.2) is 24.3 Å². The average molecular weight is 283 g/mol. The molecule has 1 fully saturated rings. The topological polar surface area (TPSA) is 55.6 Å². The Bertz CT molecular complexity index is 461. The average Bonchev–Trinajstić information content (AvgIpc) is 3.13. The molecular formula is C14H19ClN2O2. The van der Waals surface area contributed by atoms with E-state index in [1.54, 1.807) is 24.1 Å². The van der Waals surface area contributed by atoms with Gasteiger partial charge >= 0.3 is 0 Å². The molecule has 1 saturated carbocycles. The number of carbonyl (C=O) groups is 1. The van der Waals surface area contributed by atoms with Gasteiger partial charge < -0.3 is 15.4 Å². The van der Waals surface area contributed by atoms with Crippen molar-refractivity contribution >= 4 is 17.5 Å². The lowest BCUT2D eigenvalue weighted by Gasteiger charge is -2.20. The number of nitrogens with zero attached hydrogens (tertiary/aromatic N) is 1. The van der Waals surface area contributed by atoms with Gasteiger partial charge in [-0.1, -0.05) is 17.7 Å². The molecule has 2 N–H and O–H groups in total. The Morgan fingerprint density at radius 2 is 2.26 bits per heavy atom. The summed E-state index contributed by atoms with van der Waals surface area (Å²) in [4.78, 5) is 13.6. The minimum absolute atomic E-state index is 0.0373. The van der Waals surface area contributed by atoms with Gasteiger partial charge in [0.15, 0.2) is 0 Å². The van der Waals surface area contributed by atoms with E-state index in [2.05, 4.69) is 0 Å². The van der Waals surface area contributed by atoms with Crippen LogP contribution in [0.4, 0.5) is 0 Å². The summed E-state index contributed by atoms with van der Waals surface area (Å²) in [6.45, 7) is 1.20. The fourth-order valence-corrected chi connectivity index (χ4v) is 2.06. The van der Waals surface area contributed by atoms with E-state index in [0.717, 1.165) is 25.0 Å². The normalized spacial score (nSPS) is 15.9. The molecule has 1 amide bonds. The van der Waals surface area contributed by atoms with E-state index in [1.807, 2.05) is 12.1 Å². The smallest absolute Gasteiger partial charge is 0.242 e. The predicted molar refractivity (Wildman–Crippen MR) is 75.4 cm³/mol. The number of hydrogen-bond acceptors (Lipinski definition) is 3. The van der Waals surface area contributed by atoms with Crippen molar-refractivity contribution in [2.75, 3.05) is 20.2 Å². The van der Waals surface area contributed by atoms with Gasteiger partial charge in [-0.05, 0) is 37.5 Å². The highest BCUT2D eigenvalue weighted by molar-refractivity contribution is 6.30. The molecule has 1 aromatic rings. The molecule has 2 rings (SSSR count). The summed E-state index contributed by atoms with van der Waals surface area (Å²) in [5.41, 5.74) is 5.29. The molecule has 0 unspecified atom stereocenters. The van der Waals surface area contributed by atoms with E-state index in [0.29, 0.717) is 18.2 Å². The van der Waals surface area contributed by atoms with Crippen LogP contribution in [0, 0.1) is 0 Å². The summed E-state index contributed by atoms with van der Waals surface area (Å²) in [6, 6.07) is 7.28. The van der Waals surface area contributed by atoms with Gasteiger partial charge in [0, 0.05) is 18.6 Å². The van der Waals surface area contributed by atoms with Gasteiger partial charge in [0.2, 0.25) is 5.91 Å². The van der Waals surface area contributed by atoms with E-state index in [9.17, 15) is 4.79 Å². The molecule has 1 aliphatic rings. The molecule has 0 radical (unpaired) electrons. The zero-order valence-corrected chi connectivity index (χ0v) is 11.8. The highest BCUT2D eigenvalue weighted by atomic mass is 35.5. The van der Waals surface area contributed by atoms with Crippen molar-refractivity contribution in [3.05, 3.63) is 29.3 Å². The number of nitrogens with two attached hydrogens (primary N) is 1. The molecule has 0 bridgehead atoms. The summed E-state index contributed by atoms with van der Waals surface area (Å²) in [7, 11) is 1.79. The predicted octanol–water partition coefficient (Wildman–Crippen LogP) is 2.06. The van der Waals surface area contributed by atoms with Crippen molar-refractivity contribution in [3.8, 4) is 5.75 Å². The fraction of sp³-hybridized carbons (Fsp3) is 0.500. The molecule has 0 saturated heterocycles. The third kappa shape index (κ3) is 3.85. The first-order valence-corrected chi connectivity index (χ1v) is 6.82. The van der Waals surface area contributed by atoms with E-state index >= 15 is 0 Å². The molecular weight excluding hydrogens is 264 g/mol. The molecule has 1 aliphatic carbocycles. The second-order valence-corrected chi connectivity index (χ2v) is 5.48. The standard InChI is InChI=1S/C14H19ClN2O2/c1-17(13(18)14(16)6-7-14)8-3-9-19-12-5-2-4-11(15)10-12/h2,4-5,10H,3,6-9,16H2,1H3. The highest BCUT2D eigenvalue weighted by Gasteiger charge is 2.47. The van der Waals surface area contributed by atoms with Gasteiger partial charge in [0.25, 0.3) is 0 Å². The van der Waals surface area contributed by atoms with Crippen molar-refractivity contribution in [2.24, 2.45) is 5.73 Å². The summed E-state index contributed by atoms with van der Waals surface area (Å²) in [6.07, 6.45) is 2.37. The number of benzene rings is 1. The maximum absolute atomic E-state index is 11.9. The monoisotopic (exact) mass is 282 g/mol. The molecule has 0 spiro atoms.